The van der Waals surface area contributed by atoms with Crippen molar-refractivity contribution in [1.82, 2.24) is 40.9 Å². The Balaban J connectivity index is 0.000000325. The predicted molar refractivity (Wildman–Crippen MR) is 287 cm³/mol. The minimum absolute atomic E-state index is 0. The van der Waals surface area contributed by atoms with Crippen molar-refractivity contribution in [3.8, 4) is 22.5 Å². The summed E-state index contributed by atoms with van der Waals surface area (Å²) in [5, 5.41) is 13.0. The molecule has 3 aromatic carbocycles. The molecule has 385 valence electrons. The van der Waals surface area contributed by atoms with Gasteiger partial charge in [0.2, 0.25) is 23.6 Å². The predicted octanol–water partition coefficient (Wildman–Crippen LogP) is 8.60. The van der Waals surface area contributed by atoms with Crippen molar-refractivity contribution in [2.75, 3.05) is 29.9 Å². The van der Waals surface area contributed by atoms with Crippen molar-refractivity contribution >= 4 is 82.8 Å². The Morgan fingerprint density at radius 2 is 1.19 bits per heavy atom. The molecule has 0 aliphatic heterocycles. The molecule has 0 spiro atoms. The normalized spacial score (nSPS) is 11.0. The minimum atomic E-state index is -4.60. The molecule has 74 heavy (non-hydrogen) atoms. The summed E-state index contributed by atoms with van der Waals surface area (Å²) in [5.41, 5.74) is 5.92. The van der Waals surface area contributed by atoms with Crippen LogP contribution < -0.4 is 21.3 Å². The Labute approximate surface area is 451 Å². The number of anilines is 1. The van der Waals surface area contributed by atoms with Gasteiger partial charge in [-0.2, -0.15) is 8.42 Å². The number of nitrogens with one attached hydrogen (secondary N) is 4. The van der Waals surface area contributed by atoms with Gasteiger partial charge in [-0.05, 0) is 90.0 Å². The SMILES string of the molecule is O=C(CCCCNC(=O)C(CS(=O)(=O)O)NC(=O)CCCC(=O)Nc1cc2cccnc2c2ncccc12)NCCSSc1ccccn1.[Ir].[c-]1ccccc1-c1ccccn1.[c-]1ccccc1-c1ccccn1. The number of hydrogen-bond acceptors (Lipinski definition) is 13. The van der Waals surface area contributed by atoms with E-state index in [4.69, 9.17) is 0 Å². The first-order chi connectivity index (χ1) is 35.5. The fourth-order valence-corrected chi connectivity index (χ4v) is 9.32. The minimum Gasteiger partial charge on any atom is -0.355 e. The Kier molecular flexibility index (Phi) is 24.8. The van der Waals surface area contributed by atoms with Crippen LogP contribution in [0.2, 0.25) is 0 Å². The second-order valence-corrected chi connectivity index (χ2v) is 19.8. The summed E-state index contributed by atoms with van der Waals surface area (Å²) >= 11 is 0. The number of hydrogen-bond donors (Lipinski definition) is 5. The Morgan fingerprint density at radius 3 is 1.80 bits per heavy atom. The molecule has 8 aromatic rings. The number of amides is 4. The Bertz CT molecular complexity index is 2950. The molecule has 0 saturated carbocycles. The van der Waals surface area contributed by atoms with Crippen LogP contribution in [0.5, 0.6) is 0 Å². The third kappa shape index (κ3) is 20.5. The van der Waals surface area contributed by atoms with Gasteiger partial charge in [-0.3, -0.25) is 33.7 Å². The molecule has 20 heteroatoms. The molecular formula is C54H53IrN9O7S3-2. The summed E-state index contributed by atoms with van der Waals surface area (Å²) in [6, 6.07) is 46.8. The summed E-state index contributed by atoms with van der Waals surface area (Å²) in [4.78, 5) is 71.5. The monoisotopic (exact) mass is 1230 g/mol. The van der Waals surface area contributed by atoms with Crippen molar-refractivity contribution in [3.63, 3.8) is 0 Å². The molecule has 4 amide bonds. The smallest absolute Gasteiger partial charge is 0.267 e. The van der Waals surface area contributed by atoms with Gasteiger partial charge in [-0.15, -0.1) is 71.8 Å². The van der Waals surface area contributed by atoms with Crippen LogP contribution in [0.15, 0.2) is 169 Å². The van der Waals surface area contributed by atoms with Crippen LogP contribution in [0.1, 0.15) is 38.5 Å². The van der Waals surface area contributed by atoms with Gasteiger partial charge in [0, 0.05) is 100.0 Å². The third-order valence-electron chi connectivity index (χ3n) is 10.3. The van der Waals surface area contributed by atoms with E-state index < -0.39 is 33.7 Å². The van der Waals surface area contributed by atoms with Gasteiger partial charge in [0.05, 0.1) is 16.7 Å². The zero-order valence-electron chi connectivity index (χ0n) is 39.9. The van der Waals surface area contributed by atoms with E-state index in [1.807, 2.05) is 115 Å². The molecule has 0 bridgehead atoms. The molecule has 5 heterocycles. The average molecular weight is 1230 g/mol. The molecule has 1 atom stereocenters. The molecule has 0 aliphatic rings. The number of benzene rings is 3. The number of nitrogens with zero attached hydrogens (tertiary/aromatic N) is 5. The standard InChI is InChI=1S/C32H37N7O7S3.2C11H8N.Ir/c40-26(33-18-19-47-48-29-13-2-4-14-34-29)10-1-3-15-37-32(43)25(21-49(44,45)46)39-28(42)12-5-11-27(41)38-24-20-22-8-6-16-35-30(22)31-23(24)9-7-17-36-31;2*1-2-6-10(7-3-1)11-8-4-5-9-12-11;/h2,4,6-9,13-14,16-17,20,25H,1,3,5,10-12,15,18-19,21H2,(H,33,40)(H,37,43)(H,38,41)(H,39,42)(H,44,45,46);2*1-6,8-9H;/q;2*-1;. The van der Waals surface area contributed by atoms with Crippen LogP contribution in [0.3, 0.4) is 0 Å². The number of aromatic nitrogens is 5. The van der Waals surface area contributed by atoms with Crippen LogP contribution in [-0.4, -0.2) is 92.2 Å². The van der Waals surface area contributed by atoms with Crippen molar-refractivity contribution in [1.29, 1.82) is 0 Å². The van der Waals surface area contributed by atoms with Crippen molar-refractivity contribution < 1.29 is 52.3 Å². The van der Waals surface area contributed by atoms with Crippen LogP contribution >= 0.6 is 21.6 Å². The van der Waals surface area contributed by atoms with Crippen molar-refractivity contribution in [2.24, 2.45) is 0 Å². The third-order valence-corrected chi connectivity index (χ3v) is 13.3. The first-order valence-corrected chi connectivity index (χ1v) is 27.1. The first-order valence-electron chi connectivity index (χ1n) is 23.2. The van der Waals surface area contributed by atoms with Gasteiger partial charge in [0.1, 0.15) is 16.8 Å². The molecular weight excluding hydrogens is 1180 g/mol. The summed E-state index contributed by atoms with van der Waals surface area (Å²) in [6.07, 6.45) is 9.69. The second kappa shape index (κ2) is 31.6. The average Bonchev–Trinajstić information content (AvgIpc) is 3.42. The largest absolute Gasteiger partial charge is 0.355 e. The van der Waals surface area contributed by atoms with Crippen LogP contribution in [-0.2, 0) is 49.4 Å². The number of pyridine rings is 5. The summed E-state index contributed by atoms with van der Waals surface area (Å²) < 4.78 is 32.4. The van der Waals surface area contributed by atoms with Gasteiger partial charge < -0.3 is 31.2 Å². The van der Waals surface area contributed by atoms with Gasteiger partial charge >= 0.3 is 0 Å². The number of carbonyl (C=O) groups excluding carboxylic acids is 4. The molecule has 1 unspecified atom stereocenters. The number of fused-ring (bicyclic) bond motifs is 3. The van der Waals surface area contributed by atoms with E-state index >= 15 is 0 Å². The van der Waals surface area contributed by atoms with Crippen LogP contribution in [0, 0.1) is 12.1 Å². The van der Waals surface area contributed by atoms with Gasteiger partial charge in [0.25, 0.3) is 10.1 Å². The maximum atomic E-state index is 12.7. The van der Waals surface area contributed by atoms with E-state index in [0.29, 0.717) is 47.2 Å². The molecule has 0 aliphatic carbocycles. The maximum Gasteiger partial charge on any atom is 0.267 e. The Hall–Kier alpha value is -6.93. The van der Waals surface area contributed by atoms with E-state index in [0.717, 1.165) is 32.9 Å². The quantitative estimate of drug-likeness (QED) is 0.0149. The van der Waals surface area contributed by atoms with Crippen LogP contribution in [0.4, 0.5) is 5.69 Å². The number of unbranched alkanes of at least 4 members (excludes halogenated alkanes) is 1. The second-order valence-electron chi connectivity index (χ2n) is 15.8. The zero-order valence-corrected chi connectivity index (χ0v) is 44.8. The van der Waals surface area contributed by atoms with Gasteiger partial charge in [-0.1, -0.05) is 47.2 Å². The molecule has 0 fully saturated rings. The van der Waals surface area contributed by atoms with Gasteiger partial charge in [0.15, 0.2) is 0 Å². The van der Waals surface area contributed by atoms with E-state index in [1.165, 1.54) is 10.8 Å². The fraction of sp³-hybridized carbons (Fsp3) is 0.204. The van der Waals surface area contributed by atoms with E-state index in [-0.39, 0.29) is 64.1 Å². The zero-order chi connectivity index (χ0) is 51.5. The number of carbonyl (C=O) groups is 4. The molecule has 1 radical (unpaired) electrons. The van der Waals surface area contributed by atoms with Gasteiger partial charge in [-0.25, -0.2) is 4.98 Å². The molecule has 0 saturated heterocycles. The fourth-order valence-electron chi connectivity index (χ4n) is 6.88. The molecule has 8 rings (SSSR count). The van der Waals surface area contributed by atoms with Crippen LogP contribution in [0.25, 0.3) is 44.3 Å². The van der Waals surface area contributed by atoms with E-state index in [2.05, 4.69) is 58.3 Å². The van der Waals surface area contributed by atoms with Crippen molar-refractivity contribution in [3.05, 3.63) is 177 Å². The van der Waals surface area contributed by atoms with E-state index in [9.17, 15) is 32.1 Å². The molecule has 5 aromatic heterocycles. The molecule has 16 nitrogen and oxygen atoms in total. The summed E-state index contributed by atoms with van der Waals surface area (Å²) in [6.45, 7) is 0.634. The topological polar surface area (TPSA) is 235 Å². The number of rotatable bonds is 21. The molecule has 5 N–H and O–H groups in total. The maximum absolute atomic E-state index is 12.7. The summed E-state index contributed by atoms with van der Waals surface area (Å²) in [7, 11) is -1.49. The Morgan fingerprint density at radius 1 is 0.595 bits per heavy atom. The first kappa shape index (κ1) is 58.0. The summed E-state index contributed by atoms with van der Waals surface area (Å²) in [5.74, 6) is -2.23. The van der Waals surface area contributed by atoms with Crippen molar-refractivity contribution in [2.45, 2.75) is 49.6 Å². The van der Waals surface area contributed by atoms with E-state index in [1.54, 1.807) is 60.0 Å².